The highest BCUT2D eigenvalue weighted by atomic mass is 32.1. The second-order valence-electron chi connectivity index (χ2n) is 3.65. The van der Waals surface area contributed by atoms with Crippen LogP contribution in [-0.2, 0) is 0 Å². The van der Waals surface area contributed by atoms with Crippen LogP contribution < -0.4 is 0 Å². The van der Waals surface area contributed by atoms with E-state index in [1.54, 1.807) is 11.3 Å². The summed E-state index contributed by atoms with van der Waals surface area (Å²) < 4.78 is 0. The van der Waals surface area contributed by atoms with Gasteiger partial charge in [-0.1, -0.05) is 13.8 Å². The molecule has 0 atom stereocenters. The number of carbonyl (C=O) groups is 1. The van der Waals surface area contributed by atoms with Gasteiger partial charge in [0.15, 0.2) is 5.78 Å². The van der Waals surface area contributed by atoms with Gasteiger partial charge in [0.1, 0.15) is 0 Å². The van der Waals surface area contributed by atoms with Crippen molar-refractivity contribution in [2.75, 3.05) is 19.6 Å². The van der Waals surface area contributed by atoms with Gasteiger partial charge in [-0.05, 0) is 26.1 Å². The molecule has 0 fully saturated rings. The predicted octanol–water partition coefficient (Wildman–Crippen LogP) is 2.97. The minimum atomic E-state index is 0.270. The van der Waals surface area contributed by atoms with Gasteiger partial charge in [0.25, 0.3) is 0 Å². The largest absolute Gasteiger partial charge is 0.303 e. The average Bonchev–Trinajstić information content (AvgIpc) is 2.66. The number of thiophene rings is 1. The molecular weight excluding hydrogens is 206 g/mol. The number of aryl methyl sites for hydroxylation is 1. The van der Waals surface area contributed by atoms with Crippen molar-refractivity contribution >= 4 is 17.1 Å². The monoisotopic (exact) mass is 225 g/mol. The van der Waals surface area contributed by atoms with Crippen molar-refractivity contribution < 1.29 is 4.79 Å². The Kier molecular flexibility index (Phi) is 4.99. The highest BCUT2D eigenvalue weighted by Gasteiger charge is 2.09. The third-order valence-corrected chi connectivity index (χ3v) is 3.46. The molecule has 0 radical (unpaired) electrons. The molecule has 0 amide bonds. The summed E-state index contributed by atoms with van der Waals surface area (Å²) >= 11 is 1.64. The van der Waals surface area contributed by atoms with Crippen LogP contribution in [-0.4, -0.2) is 30.3 Å². The van der Waals surface area contributed by atoms with Gasteiger partial charge >= 0.3 is 0 Å². The fourth-order valence-electron chi connectivity index (χ4n) is 1.53. The Morgan fingerprint density at radius 2 is 2.07 bits per heavy atom. The molecule has 0 saturated carbocycles. The number of nitrogens with zero attached hydrogens (tertiary/aromatic N) is 1. The molecule has 0 bridgehead atoms. The lowest BCUT2D eigenvalue weighted by atomic mass is 10.1. The number of Topliss-reactive ketones (excluding diaryl/α,β-unsaturated/α-hetero) is 1. The first-order valence-corrected chi connectivity index (χ1v) is 6.36. The van der Waals surface area contributed by atoms with Crippen molar-refractivity contribution in [1.29, 1.82) is 0 Å². The number of hydrogen-bond acceptors (Lipinski definition) is 3. The van der Waals surface area contributed by atoms with Crippen molar-refractivity contribution in [3.05, 3.63) is 21.9 Å². The van der Waals surface area contributed by atoms with Gasteiger partial charge in [0.05, 0.1) is 0 Å². The van der Waals surface area contributed by atoms with Crippen molar-refractivity contribution in [2.45, 2.75) is 27.2 Å². The van der Waals surface area contributed by atoms with E-state index in [2.05, 4.69) is 18.7 Å². The van der Waals surface area contributed by atoms with Gasteiger partial charge < -0.3 is 4.90 Å². The number of rotatable bonds is 6. The Labute approximate surface area is 95.9 Å². The lowest BCUT2D eigenvalue weighted by Crippen LogP contribution is -2.25. The summed E-state index contributed by atoms with van der Waals surface area (Å²) in [6.07, 6.45) is 0.637. The van der Waals surface area contributed by atoms with Crippen molar-refractivity contribution in [1.82, 2.24) is 4.90 Å². The highest BCUT2D eigenvalue weighted by Crippen LogP contribution is 2.14. The average molecular weight is 225 g/mol. The molecule has 1 aromatic heterocycles. The van der Waals surface area contributed by atoms with Crippen LogP contribution in [0.5, 0.6) is 0 Å². The lowest BCUT2D eigenvalue weighted by molar-refractivity contribution is 0.0967. The van der Waals surface area contributed by atoms with Crippen LogP contribution in [0.4, 0.5) is 0 Å². The molecule has 1 rings (SSSR count). The first-order chi connectivity index (χ1) is 7.17. The minimum absolute atomic E-state index is 0.270. The SMILES string of the molecule is CCN(CC)CCC(=O)c1csc(C)c1. The molecular formula is C12H19NOS. The first kappa shape index (κ1) is 12.4. The maximum absolute atomic E-state index is 11.8. The fourth-order valence-corrected chi connectivity index (χ4v) is 2.24. The van der Waals surface area contributed by atoms with Crippen molar-refractivity contribution in [3.63, 3.8) is 0 Å². The van der Waals surface area contributed by atoms with Crippen molar-refractivity contribution in [3.8, 4) is 0 Å². The Morgan fingerprint density at radius 3 is 2.53 bits per heavy atom. The van der Waals surface area contributed by atoms with Gasteiger partial charge in [0.2, 0.25) is 0 Å². The zero-order valence-electron chi connectivity index (χ0n) is 9.75. The van der Waals surface area contributed by atoms with Gasteiger partial charge in [-0.3, -0.25) is 4.79 Å². The number of ketones is 1. The Bertz CT molecular complexity index is 315. The second kappa shape index (κ2) is 6.03. The lowest BCUT2D eigenvalue weighted by Gasteiger charge is -2.16. The molecule has 0 spiro atoms. The summed E-state index contributed by atoms with van der Waals surface area (Å²) in [5.41, 5.74) is 0.879. The highest BCUT2D eigenvalue weighted by molar-refractivity contribution is 7.10. The molecule has 2 nitrogen and oxygen atoms in total. The molecule has 3 heteroatoms. The zero-order valence-corrected chi connectivity index (χ0v) is 10.6. The summed E-state index contributed by atoms with van der Waals surface area (Å²) in [7, 11) is 0. The zero-order chi connectivity index (χ0) is 11.3. The quantitative estimate of drug-likeness (QED) is 0.694. The fraction of sp³-hybridized carbons (Fsp3) is 0.583. The molecule has 0 unspecified atom stereocenters. The standard InChI is InChI=1S/C12H19NOS/c1-4-13(5-2)7-6-12(14)11-8-10(3)15-9-11/h8-9H,4-7H2,1-3H3. The molecule has 0 aromatic carbocycles. The van der Waals surface area contributed by atoms with Crippen LogP contribution in [0.1, 0.15) is 35.5 Å². The van der Waals surface area contributed by atoms with E-state index in [1.807, 2.05) is 18.4 Å². The van der Waals surface area contributed by atoms with Crippen LogP contribution in [0.2, 0.25) is 0 Å². The molecule has 0 aliphatic heterocycles. The maximum Gasteiger partial charge on any atom is 0.164 e. The third kappa shape index (κ3) is 3.76. The van der Waals surface area contributed by atoms with Crippen LogP contribution in [0.15, 0.2) is 11.4 Å². The Balaban J connectivity index is 2.42. The van der Waals surface area contributed by atoms with E-state index >= 15 is 0 Å². The third-order valence-electron chi connectivity index (χ3n) is 2.60. The van der Waals surface area contributed by atoms with E-state index < -0.39 is 0 Å². The van der Waals surface area contributed by atoms with Crippen LogP contribution in [0.25, 0.3) is 0 Å². The number of carbonyl (C=O) groups excluding carboxylic acids is 1. The van der Waals surface area contributed by atoms with Gasteiger partial charge in [-0.25, -0.2) is 0 Å². The molecule has 0 saturated heterocycles. The van der Waals surface area contributed by atoms with E-state index in [9.17, 15) is 4.79 Å². The van der Waals surface area contributed by atoms with E-state index in [1.165, 1.54) is 4.88 Å². The summed E-state index contributed by atoms with van der Waals surface area (Å²) in [5, 5.41) is 1.96. The normalized spacial score (nSPS) is 10.9. The van der Waals surface area contributed by atoms with Gasteiger partial charge in [-0.2, -0.15) is 0 Å². The van der Waals surface area contributed by atoms with E-state index in [-0.39, 0.29) is 5.78 Å². The van der Waals surface area contributed by atoms with Gasteiger partial charge in [0, 0.05) is 28.8 Å². The molecule has 0 N–H and O–H groups in total. The summed E-state index contributed by atoms with van der Waals surface area (Å²) in [6.45, 7) is 9.21. The molecule has 84 valence electrons. The summed E-state index contributed by atoms with van der Waals surface area (Å²) in [4.78, 5) is 15.3. The van der Waals surface area contributed by atoms with Crippen LogP contribution in [0.3, 0.4) is 0 Å². The topological polar surface area (TPSA) is 20.3 Å². The summed E-state index contributed by atoms with van der Waals surface area (Å²) in [5.74, 6) is 0.270. The summed E-state index contributed by atoms with van der Waals surface area (Å²) in [6, 6.07) is 1.98. The van der Waals surface area contributed by atoms with E-state index in [0.717, 1.165) is 25.2 Å². The Morgan fingerprint density at radius 1 is 1.40 bits per heavy atom. The molecule has 1 aromatic rings. The predicted molar refractivity (Wildman–Crippen MR) is 65.8 cm³/mol. The maximum atomic E-state index is 11.8. The first-order valence-electron chi connectivity index (χ1n) is 5.48. The molecule has 15 heavy (non-hydrogen) atoms. The number of hydrogen-bond donors (Lipinski definition) is 0. The second-order valence-corrected chi connectivity index (χ2v) is 4.76. The van der Waals surface area contributed by atoms with Gasteiger partial charge in [-0.15, -0.1) is 11.3 Å². The van der Waals surface area contributed by atoms with Crippen LogP contribution in [0, 0.1) is 6.92 Å². The van der Waals surface area contributed by atoms with Crippen molar-refractivity contribution in [2.24, 2.45) is 0 Å². The molecule has 0 aliphatic carbocycles. The minimum Gasteiger partial charge on any atom is -0.303 e. The Hall–Kier alpha value is -0.670. The van der Waals surface area contributed by atoms with E-state index in [0.29, 0.717) is 6.42 Å². The van der Waals surface area contributed by atoms with E-state index in [4.69, 9.17) is 0 Å². The molecule has 1 heterocycles. The van der Waals surface area contributed by atoms with Crippen LogP contribution >= 0.6 is 11.3 Å². The molecule has 0 aliphatic rings. The smallest absolute Gasteiger partial charge is 0.164 e.